The van der Waals surface area contributed by atoms with Crippen LogP contribution in [0, 0.1) is 11.7 Å². The van der Waals surface area contributed by atoms with Gasteiger partial charge in [0.05, 0.1) is 5.69 Å². The lowest BCUT2D eigenvalue weighted by Gasteiger charge is -2.31. The van der Waals surface area contributed by atoms with E-state index in [-0.39, 0.29) is 30.6 Å². The van der Waals surface area contributed by atoms with E-state index >= 15 is 0 Å². The molecule has 0 atom stereocenters. The van der Waals surface area contributed by atoms with E-state index < -0.39 is 29.3 Å². The highest BCUT2D eigenvalue weighted by molar-refractivity contribution is 5.94. The zero-order chi connectivity index (χ0) is 23.3. The highest BCUT2D eigenvalue weighted by Gasteiger charge is 2.43. The van der Waals surface area contributed by atoms with Gasteiger partial charge >= 0.3 is 6.18 Å². The molecular weight excluding hydrogens is 430 g/mol. The summed E-state index contributed by atoms with van der Waals surface area (Å²) in [6.45, 7) is 2.95. The lowest BCUT2D eigenvalue weighted by Crippen LogP contribution is -2.43. The Morgan fingerprint density at radius 3 is 2.38 bits per heavy atom. The third-order valence-electron chi connectivity index (χ3n) is 5.45. The van der Waals surface area contributed by atoms with E-state index in [2.05, 4.69) is 22.6 Å². The van der Waals surface area contributed by atoms with Crippen LogP contribution in [0.5, 0.6) is 0 Å². The van der Waals surface area contributed by atoms with Gasteiger partial charge in [0.1, 0.15) is 5.82 Å². The molecular formula is C21H25F4N5O2. The number of likely N-dealkylation sites (tertiary alicyclic amines) is 1. The van der Waals surface area contributed by atoms with Crippen LogP contribution in [-0.4, -0.2) is 51.3 Å². The molecule has 32 heavy (non-hydrogen) atoms. The van der Waals surface area contributed by atoms with Crippen molar-refractivity contribution in [2.45, 2.75) is 45.2 Å². The Bertz CT molecular complexity index is 935. The largest absolute Gasteiger partial charge is 0.435 e. The van der Waals surface area contributed by atoms with Gasteiger partial charge in [-0.1, -0.05) is 25.0 Å². The van der Waals surface area contributed by atoms with Crippen molar-refractivity contribution < 1.29 is 27.2 Å². The van der Waals surface area contributed by atoms with Crippen molar-refractivity contribution >= 4 is 11.8 Å². The third kappa shape index (κ3) is 5.43. The summed E-state index contributed by atoms with van der Waals surface area (Å²) in [5, 5.41) is 9.87. The van der Waals surface area contributed by atoms with Crippen LogP contribution in [0.1, 0.15) is 55.2 Å². The fraction of sp³-hybridized carbons (Fsp3) is 0.524. The second-order valence-electron chi connectivity index (χ2n) is 7.74. The van der Waals surface area contributed by atoms with Crippen molar-refractivity contribution in [3.05, 3.63) is 41.5 Å². The standard InChI is InChI=1S/C21H25F4N5O2/c1-2-3-4-11-26-19(31)14-9-12-29(13-10-14)20(32)17-18(21(23,24)25)30(28-27-17)16-7-5-15(22)6-8-16/h5-8,14H,2-4,9-13H2,1H3,(H,26,31). The van der Waals surface area contributed by atoms with Gasteiger partial charge in [0.2, 0.25) is 5.91 Å². The van der Waals surface area contributed by atoms with Gasteiger partial charge in [0.15, 0.2) is 11.4 Å². The van der Waals surface area contributed by atoms with Gasteiger partial charge in [-0.3, -0.25) is 9.59 Å². The number of hydrogen-bond donors (Lipinski definition) is 1. The number of hydrogen-bond acceptors (Lipinski definition) is 4. The first kappa shape index (κ1) is 23.7. The Morgan fingerprint density at radius 2 is 1.78 bits per heavy atom. The summed E-state index contributed by atoms with van der Waals surface area (Å²) in [5.74, 6) is -1.88. The number of aromatic nitrogens is 3. The number of piperidine rings is 1. The molecule has 7 nitrogen and oxygen atoms in total. The Kier molecular flexibility index (Phi) is 7.47. The lowest BCUT2D eigenvalue weighted by molar-refractivity contribution is -0.143. The summed E-state index contributed by atoms with van der Waals surface area (Å²) in [6, 6.07) is 4.24. The van der Waals surface area contributed by atoms with Crippen molar-refractivity contribution in [2.24, 2.45) is 5.92 Å². The summed E-state index contributed by atoms with van der Waals surface area (Å²) in [6.07, 6.45) is -1.23. The molecule has 0 spiro atoms. The van der Waals surface area contributed by atoms with Crippen LogP contribution < -0.4 is 5.32 Å². The molecule has 0 bridgehead atoms. The summed E-state index contributed by atoms with van der Waals surface area (Å²) < 4.78 is 55.0. The fourth-order valence-corrected chi connectivity index (χ4v) is 3.67. The normalized spacial score (nSPS) is 15.1. The Labute approximate surface area is 182 Å². The molecule has 1 fully saturated rings. The zero-order valence-electron chi connectivity index (χ0n) is 17.7. The summed E-state index contributed by atoms with van der Waals surface area (Å²) in [4.78, 5) is 26.4. The maximum atomic E-state index is 13.8. The van der Waals surface area contributed by atoms with E-state index in [1.54, 1.807) is 0 Å². The van der Waals surface area contributed by atoms with E-state index in [9.17, 15) is 27.2 Å². The van der Waals surface area contributed by atoms with Gasteiger partial charge in [0, 0.05) is 25.6 Å². The number of unbranched alkanes of at least 4 members (excludes halogenated alkanes) is 2. The zero-order valence-corrected chi connectivity index (χ0v) is 17.7. The fourth-order valence-electron chi connectivity index (χ4n) is 3.67. The van der Waals surface area contributed by atoms with E-state index in [1.807, 2.05) is 0 Å². The van der Waals surface area contributed by atoms with Gasteiger partial charge in [-0.15, -0.1) is 5.10 Å². The molecule has 1 N–H and O–H groups in total. The van der Waals surface area contributed by atoms with E-state index in [1.165, 1.54) is 4.90 Å². The summed E-state index contributed by atoms with van der Waals surface area (Å²) in [7, 11) is 0. The first-order valence-electron chi connectivity index (χ1n) is 10.6. The minimum absolute atomic E-state index is 0.0660. The summed E-state index contributed by atoms with van der Waals surface area (Å²) in [5.41, 5.74) is -2.20. The van der Waals surface area contributed by atoms with Crippen LogP contribution in [-0.2, 0) is 11.0 Å². The van der Waals surface area contributed by atoms with Crippen molar-refractivity contribution in [1.82, 2.24) is 25.2 Å². The van der Waals surface area contributed by atoms with Crippen molar-refractivity contribution in [3.8, 4) is 5.69 Å². The van der Waals surface area contributed by atoms with Gasteiger partial charge in [0.25, 0.3) is 5.91 Å². The molecule has 0 aliphatic carbocycles. The molecule has 2 aromatic rings. The van der Waals surface area contributed by atoms with Gasteiger partial charge < -0.3 is 10.2 Å². The number of amides is 2. The van der Waals surface area contributed by atoms with Gasteiger partial charge in [-0.25, -0.2) is 9.07 Å². The topological polar surface area (TPSA) is 80.1 Å². The maximum Gasteiger partial charge on any atom is 0.435 e. The van der Waals surface area contributed by atoms with Crippen molar-refractivity contribution in [1.29, 1.82) is 0 Å². The van der Waals surface area contributed by atoms with Crippen molar-refractivity contribution in [3.63, 3.8) is 0 Å². The number of carbonyl (C=O) groups excluding carboxylic acids is 2. The SMILES string of the molecule is CCCCCNC(=O)C1CCN(C(=O)c2nnn(-c3ccc(F)cc3)c2C(F)(F)F)CC1. The first-order chi connectivity index (χ1) is 15.2. The second-order valence-corrected chi connectivity index (χ2v) is 7.74. The molecule has 1 aliphatic heterocycles. The van der Waals surface area contributed by atoms with E-state index in [4.69, 9.17) is 0 Å². The molecule has 0 radical (unpaired) electrons. The number of halogens is 4. The number of carbonyl (C=O) groups is 2. The maximum absolute atomic E-state index is 13.8. The molecule has 1 aromatic heterocycles. The molecule has 174 valence electrons. The minimum atomic E-state index is -4.90. The Hall–Kier alpha value is -2.98. The van der Waals surface area contributed by atoms with Gasteiger partial charge in [-0.2, -0.15) is 13.2 Å². The molecule has 1 aliphatic rings. The smallest absolute Gasteiger partial charge is 0.356 e. The molecule has 0 unspecified atom stereocenters. The van der Waals surface area contributed by atoms with Crippen LogP contribution in [0.4, 0.5) is 17.6 Å². The monoisotopic (exact) mass is 455 g/mol. The predicted molar refractivity (Wildman–Crippen MR) is 107 cm³/mol. The minimum Gasteiger partial charge on any atom is -0.356 e. The first-order valence-corrected chi connectivity index (χ1v) is 10.6. The van der Waals surface area contributed by atoms with E-state index in [0.29, 0.717) is 24.1 Å². The number of nitrogens with one attached hydrogen (secondary N) is 1. The molecule has 2 amide bonds. The van der Waals surface area contributed by atoms with Crippen LogP contribution in [0.2, 0.25) is 0 Å². The van der Waals surface area contributed by atoms with Crippen molar-refractivity contribution in [2.75, 3.05) is 19.6 Å². The third-order valence-corrected chi connectivity index (χ3v) is 5.45. The van der Waals surface area contributed by atoms with Crippen LogP contribution >= 0.6 is 0 Å². The molecule has 1 aromatic carbocycles. The predicted octanol–water partition coefficient (Wildman–Crippen LogP) is 3.58. The van der Waals surface area contributed by atoms with Crippen LogP contribution in [0.15, 0.2) is 24.3 Å². The van der Waals surface area contributed by atoms with E-state index in [0.717, 1.165) is 43.5 Å². The average Bonchev–Trinajstić information content (AvgIpc) is 3.22. The molecule has 11 heteroatoms. The quantitative estimate of drug-likeness (QED) is 0.511. The number of alkyl halides is 3. The number of benzene rings is 1. The molecule has 2 heterocycles. The average molecular weight is 455 g/mol. The molecule has 3 rings (SSSR count). The highest BCUT2D eigenvalue weighted by Crippen LogP contribution is 2.33. The Morgan fingerprint density at radius 1 is 1.12 bits per heavy atom. The lowest BCUT2D eigenvalue weighted by atomic mass is 9.95. The molecule has 0 saturated carbocycles. The number of nitrogens with zero attached hydrogens (tertiary/aromatic N) is 4. The van der Waals surface area contributed by atoms with Crippen LogP contribution in [0.3, 0.4) is 0 Å². The highest BCUT2D eigenvalue weighted by atomic mass is 19.4. The summed E-state index contributed by atoms with van der Waals surface area (Å²) >= 11 is 0. The Balaban J connectivity index is 1.71. The van der Waals surface area contributed by atoms with Gasteiger partial charge in [-0.05, 0) is 43.5 Å². The molecule has 1 saturated heterocycles. The second kappa shape index (κ2) is 10.1. The number of rotatable bonds is 7. The van der Waals surface area contributed by atoms with Crippen LogP contribution in [0.25, 0.3) is 5.69 Å².